The lowest BCUT2D eigenvalue weighted by molar-refractivity contribution is -0.134. The minimum Gasteiger partial charge on any atom is -0.493 e. The Labute approximate surface area is 220 Å². The Morgan fingerprint density at radius 1 is 0.919 bits per heavy atom. The number of carbonyl (C=O) groups excluding carboxylic acids is 1. The molecule has 0 unspecified atom stereocenters. The predicted molar refractivity (Wildman–Crippen MR) is 149 cm³/mol. The van der Waals surface area contributed by atoms with Gasteiger partial charge in [-0.25, -0.2) is 0 Å². The van der Waals surface area contributed by atoms with E-state index >= 15 is 0 Å². The third-order valence-corrected chi connectivity index (χ3v) is 7.79. The maximum Gasteiger partial charge on any atom is 0.223 e. The number of ether oxygens (including phenoxy) is 1. The molecule has 1 aliphatic rings. The van der Waals surface area contributed by atoms with Gasteiger partial charge in [0.05, 0.1) is 6.61 Å². The second-order valence-corrected chi connectivity index (χ2v) is 10.6. The molecule has 0 bridgehead atoms. The quantitative estimate of drug-likeness (QED) is 0.291. The summed E-state index contributed by atoms with van der Waals surface area (Å²) in [6.07, 6.45) is 4.64. The van der Waals surface area contributed by atoms with Crippen LogP contribution in [0.25, 0.3) is 10.9 Å². The van der Waals surface area contributed by atoms with E-state index in [9.17, 15) is 4.79 Å². The van der Waals surface area contributed by atoms with Gasteiger partial charge in [0.15, 0.2) is 0 Å². The van der Waals surface area contributed by atoms with Crippen LogP contribution >= 0.6 is 0 Å². The molecule has 1 aliphatic heterocycles. The molecule has 0 spiro atoms. The minimum absolute atomic E-state index is 0.173. The molecule has 192 valence electrons. The number of nitrogens with zero attached hydrogens (tertiary/aromatic N) is 3. The van der Waals surface area contributed by atoms with Gasteiger partial charge in [-0.15, -0.1) is 0 Å². The van der Waals surface area contributed by atoms with Crippen molar-refractivity contribution in [2.45, 2.75) is 32.4 Å². The van der Waals surface area contributed by atoms with Gasteiger partial charge >= 0.3 is 0 Å². The van der Waals surface area contributed by atoms with Gasteiger partial charge in [-0.2, -0.15) is 0 Å². The van der Waals surface area contributed by atoms with E-state index in [1.54, 1.807) is 0 Å². The van der Waals surface area contributed by atoms with E-state index in [0.717, 1.165) is 43.8 Å². The lowest BCUT2D eigenvalue weighted by Crippen LogP contribution is -2.45. The first-order chi connectivity index (χ1) is 18.0. The van der Waals surface area contributed by atoms with Crippen molar-refractivity contribution < 1.29 is 9.53 Å². The number of rotatable bonds is 9. The van der Waals surface area contributed by atoms with Crippen LogP contribution < -0.4 is 4.74 Å². The molecule has 1 amide bonds. The van der Waals surface area contributed by atoms with Crippen molar-refractivity contribution in [2.24, 2.45) is 12.5 Å². The molecule has 1 saturated heterocycles. The second kappa shape index (κ2) is 11.2. The monoisotopic (exact) mass is 495 g/mol. The fourth-order valence-corrected chi connectivity index (χ4v) is 5.50. The van der Waals surface area contributed by atoms with Crippen LogP contribution in [0.5, 0.6) is 5.75 Å². The highest BCUT2D eigenvalue weighted by atomic mass is 16.5. The summed E-state index contributed by atoms with van der Waals surface area (Å²) in [5, 5.41) is 1.33. The average molecular weight is 496 g/mol. The number of hydrogen-bond donors (Lipinski definition) is 0. The van der Waals surface area contributed by atoms with E-state index < -0.39 is 0 Å². The molecule has 5 heteroatoms. The first-order valence-corrected chi connectivity index (χ1v) is 13.2. The van der Waals surface area contributed by atoms with Gasteiger partial charge in [0.2, 0.25) is 5.91 Å². The van der Waals surface area contributed by atoms with Gasteiger partial charge in [0.1, 0.15) is 5.75 Å². The van der Waals surface area contributed by atoms with Gasteiger partial charge in [-0.1, -0.05) is 66.7 Å². The summed E-state index contributed by atoms with van der Waals surface area (Å²) < 4.78 is 8.49. The van der Waals surface area contributed by atoms with Gasteiger partial charge in [-0.05, 0) is 55.3 Å². The normalized spacial score (nSPS) is 15.5. The lowest BCUT2D eigenvalue weighted by Gasteiger charge is -2.42. The van der Waals surface area contributed by atoms with Crippen molar-refractivity contribution in [3.05, 3.63) is 102 Å². The smallest absolute Gasteiger partial charge is 0.223 e. The van der Waals surface area contributed by atoms with Gasteiger partial charge < -0.3 is 14.2 Å². The van der Waals surface area contributed by atoms with Crippen LogP contribution in [0.15, 0.2) is 91.1 Å². The summed E-state index contributed by atoms with van der Waals surface area (Å²) in [7, 11) is 4.03. The molecule has 0 aliphatic carbocycles. The highest BCUT2D eigenvalue weighted by Crippen LogP contribution is 2.37. The number of piperidine rings is 1. The van der Waals surface area contributed by atoms with Crippen LogP contribution in [0.2, 0.25) is 0 Å². The Kier molecular flexibility index (Phi) is 7.61. The molecule has 37 heavy (non-hydrogen) atoms. The SMILES string of the molecule is CN(Cc1ccccc1)C(=O)CC1(COc2ccccc2)CCN(Cc2cn(C)c3ccccc23)CC1. The van der Waals surface area contributed by atoms with E-state index in [-0.39, 0.29) is 11.3 Å². The molecular formula is C32H37N3O2. The molecule has 0 N–H and O–H groups in total. The molecule has 1 fully saturated rings. The number of benzene rings is 3. The lowest BCUT2D eigenvalue weighted by atomic mass is 9.75. The maximum absolute atomic E-state index is 13.4. The van der Waals surface area contributed by atoms with E-state index in [1.807, 2.05) is 60.5 Å². The third-order valence-electron chi connectivity index (χ3n) is 7.79. The molecule has 0 saturated carbocycles. The Bertz CT molecular complexity index is 1310. The van der Waals surface area contributed by atoms with Crippen LogP contribution in [0.1, 0.15) is 30.4 Å². The number of amides is 1. The highest BCUT2D eigenvalue weighted by molar-refractivity contribution is 5.83. The summed E-state index contributed by atoms with van der Waals surface area (Å²) in [4.78, 5) is 17.8. The number of fused-ring (bicyclic) bond motifs is 1. The number of likely N-dealkylation sites (tertiary alicyclic amines) is 1. The zero-order valence-corrected chi connectivity index (χ0v) is 22.0. The number of aromatic nitrogens is 1. The second-order valence-electron chi connectivity index (χ2n) is 10.6. The number of hydrogen-bond acceptors (Lipinski definition) is 3. The summed E-state index contributed by atoms with van der Waals surface area (Å²) in [5.74, 6) is 1.05. The van der Waals surface area contributed by atoms with Crippen LogP contribution in [-0.4, -0.2) is 47.0 Å². The predicted octanol–water partition coefficient (Wildman–Crippen LogP) is 5.89. The van der Waals surface area contributed by atoms with Crippen molar-refractivity contribution in [3.63, 3.8) is 0 Å². The fraction of sp³-hybridized carbons (Fsp3) is 0.344. The maximum atomic E-state index is 13.4. The number of aryl methyl sites for hydroxylation is 1. The molecule has 3 aromatic carbocycles. The highest BCUT2D eigenvalue weighted by Gasteiger charge is 2.38. The molecule has 5 nitrogen and oxygen atoms in total. The fourth-order valence-electron chi connectivity index (χ4n) is 5.50. The Balaban J connectivity index is 1.27. The zero-order chi connectivity index (χ0) is 25.7. The summed E-state index contributed by atoms with van der Waals surface area (Å²) in [6.45, 7) is 4.03. The molecule has 5 rings (SSSR count). The van der Waals surface area contributed by atoms with Crippen molar-refractivity contribution >= 4 is 16.8 Å². The number of para-hydroxylation sites is 2. The Morgan fingerprint density at radius 3 is 2.30 bits per heavy atom. The summed E-state index contributed by atoms with van der Waals surface area (Å²) >= 11 is 0. The molecule has 1 aromatic heterocycles. The number of carbonyl (C=O) groups is 1. The topological polar surface area (TPSA) is 37.7 Å². The average Bonchev–Trinajstić information content (AvgIpc) is 3.25. The Morgan fingerprint density at radius 2 is 1.57 bits per heavy atom. The molecule has 0 atom stereocenters. The van der Waals surface area contributed by atoms with E-state index in [2.05, 4.69) is 59.1 Å². The molecule has 4 aromatic rings. The van der Waals surface area contributed by atoms with Crippen LogP contribution in [0, 0.1) is 5.41 Å². The van der Waals surface area contributed by atoms with E-state index in [0.29, 0.717) is 19.6 Å². The van der Waals surface area contributed by atoms with Crippen molar-refractivity contribution in [1.29, 1.82) is 0 Å². The minimum atomic E-state index is -0.173. The summed E-state index contributed by atoms with van der Waals surface area (Å²) in [5.41, 5.74) is 3.61. The van der Waals surface area contributed by atoms with Gasteiger partial charge in [0, 0.05) is 56.1 Å². The standard InChI is InChI=1S/C32H37N3O2/c1-33-23-27(29-15-9-10-16-30(29)33)24-35-19-17-32(18-20-35,25-37-28-13-7-4-8-14-28)21-31(36)34(2)22-26-11-5-3-6-12-26/h3-16,23H,17-22,24-25H2,1-2H3. The Hall–Kier alpha value is -3.57. The van der Waals surface area contributed by atoms with Crippen molar-refractivity contribution in [1.82, 2.24) is 14.4 Å². The first-order valence-electron chi connectivity index (χ1n) is 13.2. The van der Waals surface area contributed by atoms with Crippen LogP contribution in [-0.2, 0) is 24.9 Å². The van der Waals surface area contributed by atoms with Crippen molar-refractivity contribution in [2.75, 3.05) is 26.7 Å². The zero-order valence-electron chi connectivity index (χ0n) is 22.0. The van der Waals surface area contributed by atoms with Gasteiger partial charge in [-0.3, -0.25) is 9.69 Å². The van der Waals surface area contributed by atoms with Gasteiger partial charge in [0.25, 0.3) is 0 Å². The first kappa shape index (κ1) is 25.1. The van der Waals surface area contributed by atoms with Crippen molar-refractivity contribution in [3.8, 4) is 5.75 Å². The molecule has 2 heterocycles. The summed E-state index contributed by atoms with van der Waals surface area (Å²) in [6, 6.07) is 28.8. The molecule has 0 radical (unpaired) electrons. The van der Waals surface area contributed by atoms with E-state index in [1.165, 1.54) is 16.5 Å². The third kappa shape index (κ3) is 6.05. The van der Waals surface area contributed by atoms with E-state index in [4.69, 9.17) is 4.74 Å². The van der Waals surface area contributed by atoms with Crippen LogP contribution in [0.3, 0.4) is 0 Å². The largest absolute Gasteiger partial charge is 0.493 e. The molecular weight excluding hydrogens is 458 g/mol. The van der Waals surface area contributed by atoms with Crippen LogP contribution in [0.4, 0.5) is 0 Å².